The van der Waals surface area contributed by atoms with Crippen molar-refractivity contribution in [3.05, 3.63) is 65.7 Å². The third-order valence-electron chi connectivity index (χ3n) is 7.27. The lowest BCUT2D eigenvalue weighted by Crippen LogP contribution is -2.55. The molecule has 0 spiro atoms. The third-order valence-corrected chi connectivity index (χ3v) is 7.27. The topological polar surface area (TPSA) is 35.2 Å². The van der Waals surface area contributed by atoms with E-state index in [-0.39, 0.29) is 0 Å². The van der Waals surface area contributed by atoms with E-state index >= 15 is 0 Å². The summed E-state index contributed by atoms with van der Waals surface area (Å²) >= 11 is 0. The second-order valence-corrected chi connectivity index (χ2v) is 9.24. The van der Waals surface area contributed by atoms with Crippen LogP contribution in [0.3, 0.4) is 0 Å². The van der Waals surface area contributed by atoms with Gasteiger partial charge >= 0.3 is 0 Å². The molecule has 4 aliphatic carbocycles. The maximum Gasteiger partial charge on any atom is 0.119 e. The van der Waals surface area contributed by atoms with Gasteiger partial charge in [-0.1, -0.05) is 42.5 Å². The molecule has 4 bridgehead atoms. The molecule has 2 N–H and O–H groups in total. The molecule has 2 aromatic rings. The normalized spacial score (nSPS) is 34.8. The van der Waals surface area contributed by atoms with Crippen LogP contribution in [0.15, 0.2) is 54.6 Å². The van der Waals surface area contributed by atoms with Crippen LogP contribution in [0.2, 0.25) is 0 Å². The highest BCUT2D eigenvalue weighted by molar-refractivity contribution is 5.31. The Morgan fingerprint density at radius 2 is 1.58 bits per heavy atom. The van der Waals surface area contributed by atoms with Crippen LogP contribution in [-0.4, -0.2) is 6.61 Å². The lowest BCUT2D eigenvalue weighted by atomic mass is 9.43. The van der Waals surface area contributed by atoms with Crippen LogP contribution in [0, 0.1) is 17.3 Å². The summed E-state index contributed by atoms with van der Waals surface area (Å²) in [5, 5.41) is 0. The Morgan fingerprint density at radius 1 is 0.885 bits per heavy atom. The predicted molar refractivity (Wildman–Crippen MR) is 105 cm³/mol. The minimum Gasteiger partial charge on any atom is -0.493 e. The van der Waals surface area contributed by atoms with Gasteiger partial charge in [0.1, 0.15) is 5.75 Å². The monoisotopic (exact) mass is 347 g/mol. The molecule has 2 unspecified atom stereocenters. The van der Waals surface area contributed by atoms with E-state index in [1.807, 2.05) is 0 Å². The highest BCUT2D eigenvalue weighted by atomic mass is 16.5. The smallest absolute Gasteiger partial charge is 0.119 e. The summed E-state index contributed by atoms with van der Waals surface area (Å²) in [6, 6.07) is 19.6. The summed E-state index contributed by atoms with van der Waals surface area (Å²) in [5.41, 5.74) is 9.21. The number of hydrogen-bond donors (Lipinski definition) is 1. The first-order valence-corrected chi connectivity index (χ1v) is 10.2. The van der Waals surface area contributed by atoms with E-state index in [2.05, 4.69) is 54.6 Å². The number of benzene rings is 2. The van der Waals surface area contributed by atoms with Gasteiger partial charge in [-0.05, 0) is 79.0 Å². The fourth-order valence-electron chi connectivity index (χ4n) is 6.71. The van der Waals surface area contributed by atoms with Crippen molar-refractivity contribution in [3.63, 3.8) is 0 Å². The van der Waals surface area contributed by atoms with Crippen molar-refractivity contribution in [2.45, 2.75) is 50.5 Å². The molecule has 4 fully saturated rings. The summed E-state index contributed by atoms with van der Waals surface area (Å²) in [6.07, 6.45) is 8.25. The molecule has 0 aliphatic heterocycles. The van der Waals surface area contributed by atoms with E-state index in [9.17, 15) is 0 Å². The Morgan fingerprint density at radius 3 is 2.23 bits per heavy atom. The number of hydrogen-bond acceptors (Lipinski definition) is 2. The molecule has 2 aromatic carbocycles. The van der Waals surface area contributed by atoms with E-state index in [1.165, 1.54) is 38.5 Å². The second kappa shape index (κ2) is 6.13. The SMILES string of the molecule is NCc1ccc(OCC23CC4CC(C2)CC(c2ccccc2)(C4)C3)cc1. The van der Waals surface area contributed by atoms with E-state index in [1.54, 1.807) is 5.56 Å². The molecule has 0 radical (unpaired) electrons. The van der Waals surface area contributed by atoms with Gasteiger partial charge < -0.3 is 10.5 Å². The zero-order valence-electron chi connectivity index (χ0n) is 15.5. The van der Waals surface area contributed by atoms with Gasteiger partial charge in [0, 0.05) is 12.0 Å². The maximum absolute atomic E-state index is 6.33. The molecular formula is C24H29NO. The van der Waals surface area contributed by atoms with E-state index < -0.39 is 0 Å². The van der Waals surface area contributed by atoms with E-state index in [0.717, 1.165) is 29.8 Å². The molecule has 26 heavy (non-hydrogen) atoms. The fraction of sp³-hybridized carbons (Fsp3) is 0.500. The summed E-state index contributed by atoms with van der Waals surface area (Å²) in [6.45, 7) is 1.46. The molecule has 4 aliphatic rings. The fourth-order valence-corrected chi connectivity index (χ4v) is 6.71. The first kappa shape index (κ1) is 16.4. The van der Waals surface area contributed by atoms with Crippen LogP contribution in [0.25, 0.3) is 0 Å². The summed E-state index contributed by atoms with van der Waals surface area (Å²) in [4.78, 5) is 0. The van der Waals surface area contributed by atoms with Crippen LogP contribution in [0.1, 0.15) is 49.7 Å². The van der Waals surface area contributed by atoms with Crippen molar-refractivity contribution in [1.82, 2.24) is 0 Å². The quantitative estimate of drug-likeness (QED) is 0.820. The molecule has 2 heteroatoms. The van der Waals surface area contributed by atoms with E-state index in [0.29, 0.717) is 17.4 Å². The van der Waals surface area contributed by atoms with Crippen molar-refractivity contribution in [2.24, 2.45) is 23.0 Å². The van der Waals surface area contributed by atoms with Gasteiger partial charge in [0.2, 0.25) is 0 Å². The molecule has 0 aromatic heterocycles. The van der Waals surface area contributed by atoms with E-state index in [4.69, 9.17) is 10.5 Å². The Hall–Kier alpha value is -1.80. The lowest BCUT2D eigenvalue weighted by Gasteiger charge is -2.62. The Kier molecular flexibility index (Phi) is 3.86. The molecule has 0 heterocycles. The largest absolute Gasteiger partial charge is 0.493 e. The molecule has 2 nitrogen and oxygen atoms in total. The number of ether oxygens (including phenoxy) is 1. The standard InChI is InChI=1S/C24H29NO/c25-15-18-6-8-22(9-7-18)26-17-23-11-19-10-20(12-23)14-24(13-19,16-23)21-4-2-1-3-5-21/h1-9,19-20H,10-17,25H2. The summed E-state index contributed by atoms with van der Waals surface area (Å²) in [7, 11) is 0. The Labute approximate surface area is 156 Å². The number of nitrogens with two attached hydrogens (primary N) is 1. The van der Waals surface area contributed by atoms with Crippen LogP contribution in [-0.2, 0) is 12.0 Å². The Bertz CT molecular complexity index is 753. The van der Waals surface area contributed by atoms with Gasteiger partial charge in [0.15, 0.2) is 0 Å². The number of rotatable bonds is 5. The molecule has 2 atom stereocenters. The van der Waals surface area contributed by atoms with Crippen LogP contribution < -0.4 is 10.5 Å². The van der Waals surface area contributed by atoms with Gasteiger partial charge in [-0.3, -0.25) is 0 Å². The van der Waals surface area contributed by atoms with Crippen LogP contribution in [0.4, 0.5) is 0 Å². The molecule has 6 rings (SSSR count). The van der Waals surface area contributed by atoms with Crippen molar-refractivity contribution in [2.75, 3.05) is 6.61 Å². The zero-order chi connectivity index (χ0) is 17.6. The Balaban J connectivity index is 1.38. The minimum absolute atomic E-state index is 0.368. The third kappa shape index (κ3) is 2.75. The van der Waals surface area contributed by atoms with Gasteiger partial charge in [-0.25, -0.2) is 0 Å². The van der Waals surface area contributed by atoms with Crippen molar-refractivity contribution in [3.8, 4) is 5.75 Å². The average molecular weight is 348 g/mol. The van der Waals surface area contributed by atoms with Crippen molar-refractivity contribution < 1.29 is 4.74 Å². The average Bonchev–Trinajstić information content (AvgIpc) is 2.67. The van der Waals surface area contributed by atoms with Gasteiger partial charge in [0.25, 0.3) is 0 Å². The first-order chi connectivity index (χ1) is 12.7. The zero-order valence-corrected chi connectivity index (χ0v) is 15.5. The minimum atomic E-state index is 0.368. The highest BCUT2D eigenvalue weighted by Crippen LogP contribution is 2.65. The van der Waals surface area contributed by atoms with Gasteiger partial charge in [-0.2, -0.15) is 0 Å². The van der Waals surface area contributed by atoms with Gasteiger partial charge in [0.05, 0.1) is 6.61 Å². The van der Waals surface area contributed by atoms with Crippen LogP contribution in [0.5, 0.6) is 5.75 Å². The maximum atomic E-state index is 6.33. The predicted octanol–water partition coefficient (Wildman–Crippen LogP) is 5.06. The second-order valence-electron chi connectivity index (χ2n) is 9.24. The molecular weight excluding hydrogens is 318 g/mol. The van der Waals surface area contributed by atoms with Crippen LogP contribution >= 0.6 is 0 Å². The summed E-state index contributed by atoms with van der Waals surface area (Å²) < 4.78 is 6.33. The molecule has 4 saturated carbocycles. The molecule has 0 amide bonds. The summed E-state index contributed by atoms with van der Waals surface area (Å²) in [5.74, 6) is 2.77. The van der Waals surface area contributed by atoms with Crippen molar-refractivity contribution in [1.29, 1.82) is 0 Å². The molecule has 136 valence electrons. The first-order valence-electron chi connectivity index (χ1n) is 10.2. The highest BCUT2D eigenvalue weighted by Gasteiger charge is 2.58. The molecule has 0 saturated heterocycles. The van der Waals surface area contributed by atoms with Gasteiger partial charge in [-0.15, -0.1) is 0 Å². The van der Waals surface area contributed by atoms with Crippen molar-refractivity contribution >= 4 is 0 Å². The lowest BCUT2D eigenvalue weighted by molar-refractivity contribution is -0.0913.